The van der Waals surface area contributed by atoms with Crippen LogP contribution in [-0.2, 0) is 6.42 Å². The molecule has 19 heavy (non-hydrogen) atoms. The molecule has 2 aromatic carbocycles. The van der Waals surface area contributed by atoms with Crippen LogP contribution in [0.25, 0.3) is 0 Å². The van der Waals surface area contributed by atoms with E-state index in [0.29, 0.717) is 0 Å². The summed E-state index contributed by atoms with van der Waals surface area (Å²) in [6.45, 7) is 3.26. The third-order valence-electron chi connectivity index (χ3n) is 3.44. The van der Waals surface area contributed by atoms with Gasteiger partial charge in [-0.05, 0) is 42.3 Å². The molecule has 0 unspecified atom stereocenters. The molecule has 0 saturated carbocycles. The Morgan fingerprint density at radius 1 is 1.16 bits per heavy atom. The van der Waals surface area contributed by atoms with Crippen LogP contribution in [0.5, 0.6) is 0 Å². The van der Waals surface area contributed by atoms with E-state index in [-0.39, 0.29) is 0 Å². The Labute approximate surface area is 127 Å². The van der Waals surface area contributed by atoms with Crippen LogP contribution in [0.15, 0.2) is 51.8 Å². The molecule has 3 rings (SSSR count). The zero-order valence-corrected chi connectivity index (χ0v) is 13.3. The van der Waals surface area contributed by atoms with Gasteiger partial charge in [-0.1, -0.05) is 35.0 Å². The van der Waals surface area contributed by atoms with Crippen molar-refractivity contribution >= 4 is 39.1 Å². The topological polar surface area (TPSA) is 3.24 Å². The van der Waals surface area contributed by atoms with E-state index in [1.807, 2.05) is 11.8 Å². The first kappa shape index (κ1) is 13.1. The average molecular weight is 334 g/mol. The van der Waals surface area contributed by atoms with Gasteiger partial charge in [-0.3, -0.25) is 0 Å². The van der Waals surface area contributed by atoms with Crippen molar-refractivity contribution in [2.45, 2.75) is 18.2 Å². The summed E-state index contributed by atoms with van der Waals surface area (Å²) in [6, 6.07) is 15.5. The number of halogens is 1. The Kier molecular flexibility index (Phi) is 3.85. The molecule has 0 spiro atoms. The summed E-state index contributed by atoms with van der Waals surface area (Å²) in [4.78, 5) is 3.78. The lowest BCUT2D eigenvalue weighted by molar-refractivity contribution is 0.992. The lowest BCUT2D eigenvalue weighted by Gasteiger charge is -2.31. The maximum atomic E-state index is 3.58. The Morgan fingerprint density at radius 3 is 2.68 bits per heavy atom. The van der Waals surface area contributed by atoms with E-state index in [2.05, 4.69) is 70.2 Å². The molecule has 0 radical (unpaired) electrons. The number of rotatable bonds is 2. The van der Waals surface area contributed by atoms with Gasteiger partial charge in [0, 0.05) is 27.4 Å². The minimum Gasteiger partial charge on any atom is -0.340 e. The quantitative estimate of drug-likeness (QED) is 0.737. The van der Waals surface area contributed by atoms with Crippen LogP contribution >= 0.6 is 27.7 Å². The van der Waals surface area contributed by atoms with Crippen LogP contribution in [-0.4, -0.2) is 12.3 Å². The summed E-state index contributed by atoms with van der Waals surface area (Å²) in [5.41, 5.74) is 4.00. The first-order valence-corrected chi connectivity index (χ1v) is 8.34. The number of thioether (sulfide) groups is 1. The third kappa shape index (κ3) is 2.67. The minimum absolute atomic E-state index is 1.07. The van der Waals surface area contributed by atoms with Crippen molar-refractivity contribution in [2.24, 2.45) is 0 Å². The Bertz CT molecular complexity index is 580. The van der Waals surface area contributed by atoms with Crippen LogP contribution < -0.4 is 4.90 Å². The maximum Gasteiger partial charge on any atom is 0.0560 e. The fourth-order valence-corrected chi connectivity index (χ4v) is 3.69. The molecule has 0 N–H and O–H groups in total. The van der Waals surface area contributed by atoms with Gasteiger partial charge in [-0.2, -0.15) is 0 Å². The van der Waals surface area contributed by atoms with E-state index in [1.165, 1.54) is 21.8 Å². The van der Waals surface area contributed by atoms with Crippen molar-refractivity contribution in [3.05, 3.63) is 52.5 Å². The van der Waals surface area contributed by atoms with Crippen molar-refractivity contribution in [3.63, 3.8) is 0 Å². The van der Waals surface area contributed by atoms with E-state index < -0.39 is 0 Å². The number of hydrogen-bond donors (Lipinski definition) is 0. The average Bonchev–Trinajstić information content (AvgIpc) is 2.47. The highest BCUT2D eigenvalue weighted by Crippen LogP contribution is 2.40. The molecule has 0 saturated heterocycles. The zero-order valence-electron chi connectivity index (χ0n) is 10.9. The first-order valence-electron chi connectivity index (χ1n) is 6.57. The molecular weight excluding hydrogens is 318 g/mol. The molecule has 0 fully saturated rings. The van der Waals surface area contributed by atoms with E-state index in [1.54, 1.807) is 0 Å². The fraction of sp³-hybridized carbons (Fsp3) is 0.250. The number of nitrogens with zero attached hydrogens (tertiary/aromatic N) is 1. The fourth-order valence-electron chi connectivity index (χ4n) is 2.37. The van der Waals surface area contributed by atoms with Crippen molar-refractivity contribution in [3.8, 4) is 0 Å². The largest absolute Gasteiger partial charge is 0.340 e. The lowest BCUT2D eigenvalue weighted by Crippen LogP contribution is -2.24. The predicted molar refractivity (Wildman–Crippen MR) is 87.7 cm³/mol. The van der Waals surface area contributed by atoms with Gasteiger partial charge in [0.15, 0.2) is 0 Å². The summed E-state index contributed by atoms with van der Waals surface area (Å²) < 4.78 is 1.14. The van der Waals surface area contributed by atoms with Gasteiger partial charge in [-0.15, -0.1) is 11.8 Å². The first-order chi connectivity index (χ1) is 9.28. The molecule has 1 aliphatic rings. The number of benzene rings is 2. The molecule has 0 amide bonds. The number of anilines is 2. The molecule has 0 bridgehead atoms. The highest BCUT2D eigenvalue weighted by atomic mass is 79.9. The van der Waals surface area contributed by atoms with Crippen LogP contribution in [0, 0.1) is 0 Å². The predicted octanol–water partition coefficient (Wildman–Crippen LogP) is 5.26. The molecular formula is C16H16BrNS. The molecule has 3 heteroatoms. The Morgan fingerprint density at radius 2 is 1.95 bits per heavy atom. The number of fused-ring (bicyclic) bond motifs is 1. The molecule has 0 aliphatic carbocycles. The molecule has 98 valence electrons. The van der Waals surface area contributed by atoms with E-state index in [4.69, 9.17) is 0 Å². The van der Waals surface area contributed by atoms with E-state index in [9.17, 15) is 0 Å². The summed E-state index contributed by atoms with van der Waals surface area (Å²) >= 11 is 5.52. The minimum atomic E-state index is 1.07. The second-order valence-corrected chi connectivity index (χ2v) is 6.68. The number of hydrogen-bond acceptors (Lipinski definition) is 2. The van der Waals surface area contributed by atoms with Crippen LogP contribution in [0.1, 0.15) is 12.5 Å². The zero-order chi connectivity index (χ0) is 13.2. The molecule has 0 aromatic heterocycles. The summed E-state index contributed by atoms with van der Waals surface area (Å²) in [5.74, 6) is 1.14. The lowest BCUT2D eigenvalue weighted by atomic mass is 10.1. The Hall–Kier alpha value is -0.930. The molecule has 1 aliphatic heterocycles. The monoisotopic (exact) mass is 333 g/mol. The van der Waals surface area contributed by atoms with E-state index >= 15 is 0 Å². The van der Waals surface area contributed by atoms with Crippen molar-refractivity contribution in [1.29, 1.82) is 0 Å². The molecule has 1 heterocycles. The van der Waals surface area contributed by atoms with Gasteiger partial charge in [0.05, 0.1) is 5.69 Å². The van der Waals surface area contributed by atoms with Crippen molar-refractivity contribution in [1.82, 2.24) is 0 Å². The highest BCUT2D eigenvalue weighted by molar-refractivity contribution is 9.10. The van der Waals surface area contributed by atoms with Gasteiger partial charge in [0.1, 0.15) is 0 Å². The van der Waals surface area contributed by atoms with Gasteiger partial charge in [-0.25, -0.2) is 0 Å². The maximum absolute atomic E-state index is 3.58. The van der Waals surface area contributed by atoms with E-state index in [0.717, 1.165) is 23.2 Å². The van der Waals surface area contributed by atoms with Gasteiger partial charge >= 0.3 is 0 Å². The van der Waals surface area contributed by atoms with Gasteiger partial charge < -0.3 is 4.90 Å². The molecule has 1 nitrogen and oxygen atoms in total. The standard InChI is InChI=1S/C16H16BrNS/c1-2-12-3-6-14(7-4-12)18-9-10-19-16-8-5-13(17)11-15(16)18/h3-8,11H,2,9-10H2,1H3. The normalized spacial score (nSPS) is 14.3. The van der Waals surface area contributed by atoms with Gasteiger partial charge in [0.2, 0.25) is 0 Å². The van der Waals surface area contributed by atoms with Crippen LogP contribution in [0.3, 0.4) is 0 Å². The SMILES string of the molecule is CCc1ccc(N2CCSc3ccc(Br)cc32)cc1. The summed E-state index contributed by atoms with van der Waals surface area (Å²) in [7, 11) is 0. The van der Waals surface area contributed by atoms with Gasteiger partial charge in [0.25, 0.3) is 0 Å². The van der Waals surface area contributed by atoms with Crippen LogP contribution in [0.4, 0.5) is 11.4 Å². The van der Waals surface area contributed by atoms with Crippen molar-refractivity contribution < 1.29 is 0 Å². The summed E-state index contributed by atoms with van der Waals surface area (Å²) in [5, 5.41) is 0. The van der Waals surface area contributed by atoms with Crippen LogP contribution in [0.2, 0.25) is 0 Å². The summed E-state index contributed by atoms with van der Waals surface area (Å²) in [6.07, 6.45) is 1.10. The number of aryl methyl sites for hydroxylation is 1. The molecule has 0 atom stereocenters. The Balaban J connectivity index is 2.00. The highest BCUT2D eigenvalue weighted by Gasteiger charge is 2.18. The third-order valence-corrected chi connectivity index (χ3v) is 4.98. The molecule has 2 aromatic rings. The smallest absolute Gasteiger partial charge is 0.0560 e. The second kappa shape index (κ2) is 5.59. The van der Waals surface area contributed by atoms with Crippen molar-refractivity contribution in [2.75, 3.05) is 17.2 Å². The second-order valence-electron chi connectivity index (χ2n) is 4.63.